The molecule has 0 aliphatic heterocycles. The molecular weight excluding hydrogens is 695 g/mol. The van der Waals surface area contributed by atoms with Crippen molar-refractivity contribution >= 4 is 59.9 Å². The molecule has 0 N–H and O–H groups in total. The Labute approximate surface area is 328 Å². The molecule has 0 radical (unpaired) electrons. The van der Waals surface area contributed by atoms with E-state index in [-0.39, 0.29) is 0 Å². The zero-order chi connectivity index (χ0) is 37.9. The van der Waals surface area contributed by atoms with Crippen molar-refractivity contribution < 1.29 is 0 Å². The molecule has 0 saturated heterocycles. The van der Waals surface area contributed by atoms with Crippen molar-refractivity contribution in [2.24, 2.45) is 0 Å². The fraction of sp³-hybridized carbons (Fsp3) is 0. The largest absolute Gasteiger partial charge is 0.309 e. The van der Waals surface area contributed by atoms with E-state index in [2.05, 4.69) is 147 Å². The van der Waals surface area contributed by atoms with Crippen LogP contribution in [0.3, 0.4) is 0 Å². The predicted octanol–water partition coefficient (Wildman–Crippen LogP) is 13.6. The highest BCUT2D eigenvalue weighted by atomic mass is 15.0. The Hall–Kier alpha value is -7.94. The number of hydrogen-bond donors (Lipinski definition) is 0. The van der Waals surface area contributed by atoms with Crippen LogP contribution in [0.5, 0.6) is 0 Å². The Balaban J connectivity index is 1.28. The molecule has 57 heavy (non-hydrogen) atoms. The van der Waals surface area contributed by atoms with Crippen molar-refractivity contribution in [3.8, 4) is 50.3 Å². The number of fused-ring (bicyclic) bond motifs is 6. The second kappa shape index (κ2) is 13.1. The number of nitrogens with zero attached hydrogens (tertiary/aromatic N) is 5. The number of hydrogen-bond acceptors (Lipinski definition) is 3. The van der Waals surface area contributed by atoms with Crippen molar-refractivity contribution in [2.45, 2.75) is 0 Å². The molecule has 264 valence electrons. The summed E-state index contributed by atoms with van der Waals surface area (Å²) < 4.78 is 2.30. The van der Waals surface area contributed by atoms with Crippen molar-refractivity contribution in [3.63, 3.8) is 0 Å². The molecule has 0 spiro atoms. The highest BCUT2D eigenvalue weighted by Gasteiger charge is 2.21. The van der Waals surface area contributed by atoms with Gasteiger partial charge in [-0.25, -0.2) is 9.83 Å². The SMILES string of the molecule is [C-]#[N+]c1ccc2c(c1)c1cc(-c3c4cc(-c5cccnc5)ccc4c(-c4ccc5ccccc5n4)c4cc(-c5cccnc5)ccc34)ccc1n2-c1ccccc1. The zero-order valence-electron chi connectivity index (χ0n) is 30.6. The van der Waals surface area contributed by atoms with Gasteiger partial charge in [0.05, 0.1) is 28.8 Å². The van der Waals surface area contributed by atoms with Gasteiger partial charge in [-0.15, -0.1) is 0 Å². The van der Waals surface area contributed by atoms with Gasteiger partial charge in [-0.2, -0.15) is 0 Å². The highest BCUT2D eigenvalue weighted by molar-refractivity contribution is 6.23. The van der Waals surface area contributed by atoms with Gasteiger partial charge in [-0.1, -0.05) is 91.0 Å². The normalized spacial score (nSPS) is 11.5. The van der Waals surface area contributed by atoms with E-state index < -0.39 is 0 Å². The lowest BCUT2D eigenvalue weighted by Gasteiger charge is -2.19. The van der Waals surface area contributed by atoms with Gasteiger partial charge >= 0.3 is 0 Å². The molecule has 0 bridgehead atoms. The van der Waals surface area contributed by atoms with E-state index in [4.69, 9.17) is 11.6 Å². The highest BCUT2D eigenvalue weighted by Crippen LogP contribution is 2.47. The van der Waals surface area contributed by atoms with Crippen LogP contribution in [0.1, 0.15) is 0 Å². The second-order valence-electron chi connectivity index (χ2n) is 14.4. The van der Waals surface area contributed by atoms with E-state index in [1.807, 2.05) is 61.2 Å². The first-order valence-corrected chi connectivity index (χ1v) is 18.9. The molecule has 11 rings (SSSR count). The Kier molecular flexibility index (Phi) is 7.48. The summed E-state index contributed by atoms with van der Waals surface area (Å²) in [5.74, 6) is 0. The van der Waals surface area contributed by atoms with Crippen LogP contribution in [0.2, 0.25) is 0 Å². The van der Waals surface area contributed by atoms with Crippen LogP contribution in [0.25, 0.3) is 109 Å². The van der Waals surface area contributed by atoms with Crippen molar-refractivity contribution in [2.75, 3.05) is 0 Å². The van der Waals surface area contributed by atoms with E-state index in [0.29, 0.717) is 5.69 Å². The van der Waals surface area contributed by atoms with E-state index in [1.165, 1.54) is 0 Å². The molecule has 11 aromatic rings. The van der Waals surface area contributed by atoms with Crippen LogP contribution in [0.15, 0.2) is 189 Å². The van der Waals surface area contributed by atoms with E-state index >= 15 is 0 Å². The maximum atomic E-state index is 7.87. The Bertz CT molecular complexity index is 3400. The summed E-state index contributed by atoms with van der Waals surface area (Å²) in [6.07, 6.45) is 7.47. The van der Waals surface area contributed by atoms with Gasteiger partial charge in [0.1, 0.15) is 0 Å². The third-order valence-corrected chi connectivity index (χ3v) is 11.1. The third-order valence-electron chi connectivity index (χ3n) is 11.1. The van der Waals surface area contributed by atoms with Crippen LogP contribution in [0, 0.1) is 6.57 Å². The number of rotatable bonds is 5. The molecular formula is C52H31N5. The smallest absolute Gasteiger partial charge is 0.188 e. The molecule has 0 aliphatic carbocycles. The molecule has 0 saturated carbocycles. The molecule has 0 fully saturated rings. The maximum absolute atomic E-state index is 7.87. The van der Waals surface area contributed by atoms with Gasteiger partial charge in [0.15, 0.2) is 5.69 Å². The molecule has 5 nitrogen and oxygen atoms in total. The monoisotopic (exact) mass is 725 g/mol. The summed E-state index contributed by atoms with van der Waals surface area (Å²) >= 11 is 0. The summed E-state index contributed by atoms with van der Waals surface area (Å²) in [4.78, 5) is 18.1. The lowest BCUT2D eigenvalue weighted by Crippen LogP contribution is -1.95. The van der Waals surface area contributed by atoms with Gasteiger partial charge in [0, 0.05) is 57.9 Å². The van der Waals surface area contributed by atoms with Gasteiger partial charge in [0.2, 0.25) is 0 Å². The fourth-order valence-corrected chi connectivity index (χ4v) is 8.54. The lowest BCUT2D eigenvalue weighted by molar-refractivity contribution is 1.18. The van der Waals surface area contributed by atoms with E-state index in [1.54, 1.807) is 0 Å². The number of aromatic nitrogens is 4. The summed E-state index contributed by atoms with van der Waals surface area (Å²) in [5, 5.41) is 7.70. The molecule has 5 heteroatoms. The minimum absolute atomic E-state index is 0.618. The van der Waals surface area contributed by atoms with Crippen molar-refractivity contribution in [3.05, 3.63) is 200 Å². The Morgan fingerprint density at radius 3 is 1.75 bits per heavy atom. The first kappa shape index (κ1) is 32.5. The number of pyridine rings is 3. The van der Waals surface area contributed by atoms with E-state index in [0.717, 1.165) is 105 Å². The lowest BCUT2D eigenvalue weighted by atomic mass is 9.84. The number of benzene rings is 7. The molecule has 4 heterocycles. The second-order valence-corrected chi connectivity index (χ2v) is 14.4. The van der Waals surface area contributed by atoms with E-state index in [9.17, 15) is 0 Å². The van der Waals surface area contributed by atoms with Crippen LogP contribution in [-0.2, 0) is 0 Å². The van der Waals surface area contributed by atoms with Crippen LogP contribution < -0.4 is 0 Å². The standard InChI is InChI=1S/C52H31N5/c1-53-39-19-24-50-44(30-39)43-29-36(18-23-49(43)57(50)40-12-3-2-4-13-40)51-41-20-15-35(38-11-8-26-55-32-38)28-46(41)52(48-22-17-33-9-5-6-14-47(33)56-48)42-21-16-34(27-45(42)51)37-10-7-25-54-31-37/h2-32H. The molecule has 7 aromatic carbocycles. The molecule has 0 atom stereocenters. The maximum Gasteiger partial charge on any atom is 0.188 e. The Morgan fingerprint density at radius 2 is 1.05 bits per heavy atom. The summed E-state index contributed by atoms with van der Waals surface area (Å²) in [6, 6.07) is 57.6. The van der Waals surface area contributed by atoms with Crippen LogP contribution >= 0.6 is 0 Å². The van der Waals surface area contributed by atoms with Gasteiger partial charge in [-0.05, 0) is 122 Å². The first-order chi connectivity index (χ1) is 28.2. The third kappa shape index (κ3) is 5.35. The van der Waals surface area contributed by atoms with Crippen molar-refractivity contribution in [1.29, 1.82) is 0 Å². The topological polar surface area (TPSA) is 48.0 Å². The number of para-hydroxylation sites is 2. The molecule has 0 aliphatic rings. The quantitative estimate of drug-likeness (QED) is 0.131. The van der Waals surface area contributed by atoms with Gasteiger partial charge in [0.25, 0.3) is 0 Å². The van der Waals surface area contributed by atoms with Gasteiger partial charge < -0.3 is 4.57 Å². The summed E-state index contributed by atoms with van der Waals surface area (Å²) in [6.45, 7) is 7.87. The Morgan fingerprint density at radius 1 is 0.439 bits per heavy atom. The van der Waals surface area contributed by atoms with Crippen LogP contribution in [0.4, 0.5) is 5.69 Å². The van der Waals surface area contributed by atoms with Crippen molar-refractivity contribution in [1.82, 2.24) is 19.5 Å². The predicted molar refractivity (Wildman–Crippen MR) is 235 cm³/mol. The molecule has 0 amide bonds. The minimum Gasteiger partial charge on any atom is -0.309 e. The molecule has 4 aromatic heterocycles. The average Bonchev–Trinajstić information content (AvgIpc) is 3.61. The minimum atomic E-state index is 0.618. The average molecular weight is 726 g/mol. The fourth-order valence-electron chi connectivity index (χ4n) is 8.54. The van der Waals surface area contributed by atoms with Gasteiger partial charge in [-0.3, -0.25) is 9.97 Å². The summed E-state index contributed by atoms with van der Waals surface area (Å²) in [5.41, 5.74) is 13.3. The first-order valence-electron chi connectivity index (χ1n) is 18.9. The zero-order valence-corrected chi connectivity index (χ0v) is 30.6. The van der Waals surface area contributed by atoms with Crippen LogP contribution in [-0.4, -0.2) is 19.5 Å². The molecule has 0 unspecified atom stereocenters. The summed E-state index contributed by atoms with van der Waals surface area (Å²) in [7, 11) is 0.